The van der Waals surface area contributed by atoms with E-state index in [-0.39, 0.29) is 0 Å². The Hall–Kier alpha value is 0.434. The van der Waals surface area contributed by atoms with Crippen LogP contribution in [-0.4, -0.2) is 18.1 Å². The molecule has 0 aromatic rings. The Labute approximate surface area is 57.5 Å². The molecule has 4 radical (unpaired) electrons. The minimum Gasteiger partial charge on any atom is -0.0657 e. The van der Waals surface area contributed by atoms with Gasteiger partial charge in [-0.05, 0) is 0 Å². The lowest BCUT2D eigenvalue weighted by Crippen LogP contribution is -2.00. The molecule has 0 spiro atoms. The van der Waals surface area contributed by atoms with Crippen molar-refractivity contribution in [3.05, 3.63) is 0 Å². The van der Waals surface area contributed by atoms with Crippen molar-refractivity contribution in [1.82, 2.24) is 0 Å². The first-order valence-electron chi connectivity index (χ1n) is 3.37. The van der Waals surface area contributed by atoms with Gasteiger partial charge in [-0.3, -0.25) is 0 Å². The zero-order chi connectivity index (χ0) is 6.24. The highest BCUT2D eigenvalue weighted by Gasteiger charge is 1.86. The van der Waals surface area contributed by atoms with Crippen molar-refractivity contribution in [1.29, 1.82) is 0 Å². The van der Waals surface area contributed by atoms with Crippen molar-refractivity contribution in [3.63, 3.8) is 0 Å². The highest BCUT2D eigenvalue weighted by molar-refractivity contribution is 7.00. The topological polar surface area (TPSA) is 0 Å². The normalized spacial score (nSPS) is 9.75. The predicted octanol–water partition coefficient (Wildman–Crippen LogP) is 1.97. The van der Waals surface area contributed by atoms with Gasteiger partial charge in [0.15, 0.2) is 0 Å². The average molecular weight is 142 g/mol. The van der Waals surface area contributed by atoms with Gasteiger partial charge in [0.1, 0.15) is 0 Å². The Morgan fingerprint density at radius 3 is 1.50 bits per heavy atom. The molecule has 0 unspecified atom stereocenters. The van der Waals surface area contributed by atoms with Gasteiger partial charge >= 0.3 is 0 Å². The van der Waals surface area contributed by atoms with Crippen LogP contribution in [0.5, 0.6) is 0 Å². The van der Waals surface area contributed by atoms with Crippen molar-refractivity contribution < 1.29 is 0 Å². The first-order valence-corrected chi connectivity index (χ1v) is 6.79. The van der Waals surface area contributed by atoms with E-state index in [1.807, 2.05) is 0 Å². The maximum absolute atomic E-state index is 2.27. The van der Waals surface area contributed by atoms with Gasteiger partial charge in [-0.1, -0.05) is 38.8 Å². The van der Waals surface area contributed by atoms with Crippen molar-refractivity contribution in [2.45, 2.75) is 38.8 Å². The monoisotopic (exact) mass is 142 g/mol. The second kappa shape index (κ2) is 7.43. The summed E-state index contributed by atoms with van der Waals surface area (Å²) in [6.45, 7) is 4.53. The van der Waals surface area contributed by atoms with E-state index < -0.39 is 0 Å². The SMILES string of the molecule is CCC[Si][Si]CCC. The largest absolute Gasteiger partial charge is 0.0657 e. The van der Waals surface area contributed by atoms with E-state index in [2.05, 4.69) is 13.8 Å². The molecule has 46 valence electrons. The smallest absolute Gasteiger partial charge is 0.0222 e. The van der Waals surface area contributed by atoms with Crippen LogP contribution in [0.15, 0.2) is 0 Å². The van der Waals surface area contributed by atoms with Gasteiger partial charge in [-0.2, -0.15) is 0 Å². The summed E-state index contributed by atoms with van der Waals surface area (Å²) in [4.78, 5) is 0. The molecule has 0 aliphatic heterocycles. The van der Waals surface area contributed by atoms with E-state index in [4.69, 9.17) is 0 Å². The number of hydrogen-bond donors (Lipinski definition) is 0. The molecule has 0 aromatic carbocycles. The summed E-state index contributed by atoms with van der Waals surface area (Å²) in [7, 11) is 2.53. The Morgan fingerprint density at radius 2 is 1.25 bits per heavy atom. The van der Waals surface area contributed by atoms with Crippen LogP contribution in [0.1, 0.15) is 26.7 Å². The summed E-state index contributed by atoms with van der Waals surface area (Å²) in [5.74, 6) is 0. The third-order valence-electron chi connectivity index (χ3n) is 0.875. The van der Waals surface area contributed by atoms with Gasteiger partial charge < -0.3 is 0 Å². The second-order valence-corrected chi connectivity index (χ2v) is 5.68. The van der Waals surface area contributed by atoms with E-state index in [0.717, 1.165) is 0 Å². The summed E-state index contributed by atoms with van der Waals surface area (Å²) < 4.78 is 0. The number of rotatable bonds is 5. The second-order valence-electron chi connectivity index (χ2n) is 1.85. The molecule has 0 amide bonds. The molecule has 0 saturated carbocycles. The predicted molar refractivity (Wildman–Crippen MR) is 41.7 cm³/mol. The molecular formula is C6H14Si2. The fraction of sp³-hybridized carbons (Fsp3) is 1.00. The van der Waals surface area contributed by atoms with E-state index in [1.165, 1.54) is 43.0 Å². The summed E-state index contributed by atoms with van der Waals surface area (Å²) in [5.41, 5.74) is 0. The third kappa shape index (κ3) is 6.43. The van der Waals surface area contributed by atoms with Crippen LogP contribution < -0.4 is 0 Å². The first-order chi connectivity index (χ1) is 3.91. The van der Waals surface area contributed by atoms with Gasteiger partial charge in [0.25, 0.3) is 0 Å². The standard InChI is InChI=1S/C6H14Si2/c1-3-5-7-8-6-4-2/h3-6H2,1-2H3. The van der Waals surface area contributed by atoms with E-state index in [0.29, 0.717) is 0 Å². The van der Waals surface area contributed by atoms with Gasteiger partial charge in [-0.15, -0.1) is 0 Å². The highest BCUT2D eigenvalue weighted by Crippen LogP contribution is 1.88. The molecule has 0 fully saturated rings. The average Bonchev–Trinajstić information content (AvgIpc) is 1.81. The minimum absolute atomic E-state index is 1.27. The van der Waals surface area contributed by atoms with Crippen molar-refractivity contribution >= 4 is 18.1 Å². The lowest BCUT2D eigenvalue weighted by Gasteiger charge is -1.91. The first kappa shape index (κ1) is 8.43. The van der Waals surface area contributed by atoms with E-state index in [1.54, 1.807) is 0 Å². The van der Waals surface area contributed by atoms with Gasteiger partial charge in [0, 0.05) is 18.1 Å². The van der Waals surface area contributed by atoms with Crippen LogP contribution in [0.3, 0.4) is 0 Å². The van der Waals surface area contributed by atoms with E-state index in [9.17, 15) is 0 Å². The van der Waals surface area contributed by atoms with Gasteiger partial charge in [-0.25, -0.2) is 0 Å². The summed E-state index contributed by atoms with van der Waals surface area (Å²) in [5, 5.41) is 0. The number of hydrogen-bond acceptors (Lipinski definition) is 0. The fourth-order valence-corrected chi connectivity index (χ4v) is 3.84. The van der Waals surface area contributed by atoms with Crippen molar-refractivity contribution in [3.8, 4) is 0 Å². The summed E-state index contributed by atoms with van der Waals surface area (Å²) in [6, 6.07) is 2.94. The van der Waals surface area contributed by atoms with Crippen LogP contribution >= 0.6 is 0 Å². The Balaban J connectivity index is 2.53. The molecule has 8 heavy (non-hydrogen) atoms. The lowest BCUT2D eigenvalue weighted by molar-refractivity contribution is 1.07. The fourth-order valence-electron chi connectivity index (χ4n) is 0.427. The zero-order valence-corrected chi connectivity index (χ0v) is 7.83. The molecule has 0 aliphatic rings. The molecule has 0 aromatic heterocycles. The molecule has 0 aliphatic carbocycles. The Kier molecular flexibility index (Phi) is 7.84. The van der Waals surface area contributed by atoms with Crippen LogP contribution in [0.25, 0.3) is 0 Å². The molecular weight excluding hydrogens is 128 g/mol. The molecule has 0 nitrogen and oxygen atoms in total. The molecule has 0 atom stereocenters. The summed E-state index contributed by atoms with van der Waals surface area (Å²) in [6.07, 6.45) is 2.77. The van der Waals surface area contributed by atoms with Crippen LogP contribution in [0.4, 0.5) is 0 Å². The van der Waals surface area contributed by atoms with Crippen LogP contribution in [-0.2, 0) is 0 Å². The molecule has 0 N–H and O–H groups in total. The minimum atomic E-state index is 1.27. The van der Waals surface area contributed by atoms with E-state index >= 15 is 0 Å². The molecule has 2 heteroatoms. The van der Waals surface area contributed by atoms with Crippen molar-refractivity contribution in [2.24, 2.45) is 0 Å². The van der Waals surface area contributed by atoms with Gasteiger partial charge in [0.2, 0.25) is 0 Å². The third-order valence-corrected chi connectivity index (χ3v) is 4.87. The highest BCUT2D eigenvalue weighted by atomic mass is 29.1. The maximum atomic E-state index is 2.27. The van der Waals surface area contributed by atoms with Gasteiger partial charge in [0.05, 0.1) is 0 Å². The molecule has 0 rings (SSSR count). The molecule has 0 bridgehead atoms. The maximum Gasteiger partial charge on any atom is 0.0222 e. The Bertz CT molecular complexity index is 31.5. The molecule has 0 saturated heterocycles. The Morgan fingerprint density at radius 1 is 0.875 bits per heavy atom. The zero-order valence-electron chi connectivity index (χ0n) is 5.83. The van der Waals surface area contributed by atoms with Crippen LogP contribution in [0.2, 0.25) is 12.1 Å². The molecule has 0 heterocycles. The summed E-state index contributed by atoms with van der Waals surface area (Å²) >= 11 is 0. The quantitative estimate of drug-likeness (QED) is 0.407. The lowest BCUT2D eigenvalue weighted by atomic mass is 10.6. The van der Waals surface area contributed by atoms with Crippen molar-refractivity contribution in [2.75, 3.05) is 0 Å². The van der Waals surface area contributed by atoms with Crippen LogP contribution in [0, 0.1) is 0 Å².